The molecule has 1 aromatic heterocycles. The predicted octanol–water partition coefficient (Wildman–Crippen LogP) is 3.22. The van der Waals surface area contributed by atoms with Crippen LogP contribution in [0.15, 0.2) is 30.5 Å². The third-order valence-corrected chi connectivity index (χ3v) is 3.95. The number of halogens is 3. The number of ether oxygens (including phenoxy) is 1. The molecule has 4 nitrogen and oxygen atoms in total. The molecule has 0 saturated carbocycles. The van der Waals surface area contributed by atoms with Crippen LogP contribution in [0.5, 0.6) is 5.75 Å². The fourth-order valence-electron chi connectivity index (χ4n) is 2.89. The van der Waals surface area contributed by atoms with Gasteiger partial charge >= 0.3 is 6.18 Å². The van der Waals surface area contributed by atoms with Gasteiger partial charge in [0, 0.05) is 32.2 Å². The smallest absolute Gasteiger partial charge is 0.419 e. The van der Waals surface area contributed by atoms with E-state index in [0.717, 1.165) is 17.5 Å². The van der Waals surface area contributed by atoms with Crippen molar-refractivity contribution in [3.8, 4) is 5.75 Å². The van der Waals surface area contributed by atoms with Crippen LogP contribution in [0.2, 0.25) is 0 Å². The summed E-state index contributed by atoms with van der Waals surface area (Å²) in [6.07, 6.45) is -3.60. The van der Waals surface area contributed by atoms with E-state index in [-0.39, 0.29) is 18.3 Å². The van der Waals surface area contributed by atoms with Gasteiger partial charge in [0.05, 0.1) is 17.5 Å². The SMILES string of the molecule is CC1CN(Cc2c(C(F)(F)F)cnn2C)Cc2ccccc2O1. The van der Waals surface area contributed by atoms with Crippen molar-refractivity contribution in [2.75, 3.05) is 6.54 Å². The molecular formula is C16H18F3N3O. The summed E-state index contributed by atoms with van der Waals surface area (Å²) in [6.45, 7) is 3.19. The van der Waals surface area contributed by atoms with Gasteiger partial charge in [-0.25, -0.2) is 0 Å². The van der Waals surface area contributed by atoms with Crippen molar-refractivity contribution in [1.82, 2.24) is 14.7 Å². The van der Waals surface area contributed by atoms with E-state index in [4.69, 9.17) is 4.74 Å². The van der Waals surface area contributed by atoms with Crippen LogP contribution in [0.4, 0.5) is 13.2 Å². The van der Waals surface area contributed by atoms with E-state index >= 15 is 0 Å². The second kappa shape index (κ2) is 5.88. The first-order valence-corrected chi connectivity index (χ1v) is 7.39. The highest BCUT2D eigenvalue weighted by Crippen LogP contribution is 2.33. The molecule has 124 valence electrons. The molecule has 1 unspecified atom stereocenters. The van der Waals surface area contributed by atoms with E-state index in [1.54, 1.807) is 0 Å². The van der Waals surface area contributed by atoms with Crippen LogP contribution in [0.1, 0.15) is 23.7 Å². The van der Waals surface area contributed by atoms with Gasteiger partial charge in [0.2, 0.25) is 0 Å². The molecule has 0 radical (unpaired) electrons. The summed E-state index contributed by atoms with van der Waals surface area (Å²) in [5.74, 6) is 0.795. The second-order valence-corrected chi connectivity index (χ2v) is 5.83. The Morgan fingerprint density at radius 2 is 2.04 bits per heavy atom. The summed E-state index contributed by atoms with van der Waals surface area (Å²) in [6, 6.07) is 7.63. The molecule has 0 aliphatic carbocycles. The van der Waals surface area contributed by atoms with Crippen LogP contribution < -0.4 is 4.74 Å². The lowest BCUT2D eigenvalue weighted by molar-refractivity contribution is -0.138. The first-order chi connectivity index (χ1) is 10.8. The number of hydrogen-bond donors (Lipinski definition) is 0. The Balaban J connectivity index is 1.88. The van der Waals surface area contributed by atoms with Gasteiger partial charge in [-0.2, -0.15) is 18.3 Å². The summed E-state index contributed by atoms with van der Waals surface area (Å²) in [5.41, 5.74) is 0.475. The molecule has 0 bridgehead atoms. The average Bonchev–Trinajstić information content (AvgIpc) is 2.74. The van der Waals surface area contributed by atoms with E-state index in [0.29, 0.717) is 13.1 Å². The maximum absolute atomic E-state index is 13.1. The maximum atomic E-state index is 13.1. The quantitative estimate of drug-likeness (QED) is 0.849. The normalized spacial score (nSPS) is 19.1. The topological polar surface area (TPSA) is 30.3 Å². The van der Waals surface area contributed by atoms with Crippen molar-refractivity contribution in [3.05, 3.63) is 47.3 Å². The average molecular weight is 325 g/mol. The zero-order chi connectivity index (χ0) is 16.6. The number of aryl methyl sites for hydroxylation is 1. The van der Waals surface area contributed by atoms with Crippen LogP contribution in [0.25, 0.3) is 0 Å². The molecule has 1 aromatic carbocycles. The molecule has 2 aromatic rings. The molecule has 0 amide bonds. The number of fused-ring (bicyclic) bond motifs is 1. The van der Waals surface area contributed by atoms with Crippen molar-refractivity contribution < 1.29 is 17.9 Å². The van der Waals surface area contributed by atoms with Gasteiger partial charge in [0.25, 0.3) is 0 Å². The number of aromatic nitrogens is 2. The van der Waals surface area contributed by atoms with E-state index in [1.165, 1.54) is 11.7 Å². The Morgan fingerprint density at radius 1 is 1.30 bits per heavy atom. The van der Waals surface area contributed by atoms with Gasteiger partial charge in [0.1, 0.15) is 11.9 Å². The minimum absolute atomic E-state index is 0.0961. The summed E-state index contributed by atoms with van der Waals surface area (Å²) in [5, 5.41) is 3.77. The van der Waals surface area contributed by atoms with Crippen LogP contribution >= 0.6 is 0 Å². The molecule has 0 N–H and O–H groups in total. The fraction of sp³-hybridized carbons (Fsp3) is 0.438. The number of hydrogen-bond acceptors (Lipinski definition) is 3. The molecule has 1 atom stereocenters. The summed E-state index contributed by atoms with van der Waals surface area (Å²) in [7, 11) is 1.54. The highest BCUT2D eigenvalue weighted by atomic mass is 19.4. The van der Waals surface area contributed by atoms with Crippen molar-refractivity contribution in [1.29, 1.82) is 0 Å². The minimum Gasteiger partial charge on any atom is -0.489 e. The van der Waals surface area contributed by atoms with Crippen LogP contribution in [-0.2, 0) is 26.3 Å². The number of nitrogens with zero attached hydrogens (tertiary/aromatic N) is 3. The predicted molar refractivity (Wildman–Crippen MR) is 78.9 cm³/mol. The Bertz CT molecular complexity index is 696. The highest BCUT2D eigenvalue weighted by Gasteiger charge is 2.36. The Labute approximate surface area is 132 Å². The molecule has 3 rings (SSSR count). The van der Waals surface area contributed by atoms with Gasteiger partial charge in [-0.05, 0) is 13.0 Å². The third kappa shape index (κ3) is 3.34. The molecule has 2 heterocycles. The molecular weight excluding hydrogens is 307 g/mol. The molecule has 0 spiro atoms. The zero-order valence-corrected chi connectivity index (χ0v) is 13.0. The monoisotopic (exact) mass is 325 g/mol. The summed E-state index contributed by atoms with van der Waals surface area (Å²) in [4.78, 5) is 1.96. The second-order valence-electron chi connectivity index (χ2n) is 5.83. The van der Waals surface area contributed by atoms with Crippen LogP contribution in [0.3, 0.4) is 0 Å². The van der Waals surface area contributed by atoms with E-state index in [1.807, 2.05) is 36.1 Å². The van der Waals surface area contributed by atoms with Gasteiger partial charge in [-0.15, -0.1) is 0 Å². The third-order valence-electron chi connectivity index (χ3n) is 3.95. The zero-order valence-electron chi connectivity index (χ0n) is 13.0. The molecule has 1 aliphatic rings. The Morgan fingerprint density at radius 3 is 2.78 bits per heavy atom. The van der Waals surface area contributed by atoms with Crippen LogP contribution in [-0.4, -0.2) is 27.3 Å². The minimum atomic E-state index is -4.39. The molecule has 1 aliphatic heterocycles. The molecule has 23 heavy (non-hydrogen) atoms. The van der Waals surface area contributed by atoms with Crippen molar-refractivity contribution >= 4 is 0 Å². The lowest BCUT2D eigenvalue weighted by atomic mass is 10.1. The molecule has 7 heteroatoms. The maximum Gasteiger partial charge on any atom is 0.419 e. The van der Waals surface area contributed by atoms with E-state index in [9.17, 15) is 13.2 Å². The van der Waals surface area contributed by atoms with Gasteiger partial charge < -0.3 is 4.74 Å². The van der Waals surface area contributed by atoms with Gasteiger partial charge in [-0.1, -0.05) is 18.2 Å². The number of para-hydroxylation sites is 1. The first kappa shape index (κ1) is 15.9. The summed E-state index contributed by atoms with van der Waals surface area (Å²) < 4.78 is 46.5. The lowest BCUT2D eigenvalue weighted by Gasteiger charge is -2.22. The fourth-order valence-corrected chi connectivity index (χ4v) is 2.89. The number of alkyl halides is 3. The lowest BCUT2D eigenvalue weighted by Crippen LogP contribution is -2.32. The van der Waals surface area contributed by atoms with Crippen molar-refractivity contribution in [2.45, 2.75) is 32.3 Å². The van der Waals surface area contributed by atoms with E-state index in [2.05, 4.69) is 5.10 Å². The van der Waals surface area contributed by atoms with Crippen LogP contribution in [0, 0.1) is 0 Å². The standard InChI is InChI=1S/C16H18F3N3O/c1-11-8-22(9-12-5-3-4-6-15(12)23-11)10-14-13(16(17,18)19)7-20-21(14)2/h3-7,11H,8-10H2,1-2H3. The molecule has 0 fully saturated rings. The largest absolute Gasteiger partial charge is 0.489 e. The van der Waals surface area contributed by atoms with Crippen molar-refractivity contribution in [3.63, 3.8) is 0 Å². The molecule has 0 saturated heterocycles. The Kier molecular flexibility index (Phi) is 4.06. The van der Waals surface area contributed by atoms with Gasteiger partial charge in [0.15, 0.2) is 0 Å². The summed E-state index contributed by atoms with van der Waals surface area (Å²) >= 11 is 0. The van der Waals surface area contributed by atoms with Crippen molar-refractivity contribution in [2.24, 2.45) is 7.05 Å². The Hall–Kier alpha value is -2.02. The van der Waals surface area contributed by atoms with Gasteiger partial charge in [-0.3, -0.25) is 9.58 Å². The first-order valence-electron chi connectivity index (χ1n) is 7.39. The van der Waals surface area contributed by atoms with E-state index < -0.39 is 11.7 Å². The highest BCUT2D eigenvalue weighted by molar-refractivity contribution is 5.34. The number of benzene rings is 1. The number of rotatable bonds is 2.